The van der Waals surface area contributed by atoms with Crippen molar-refractivity contribution in [2.75, 3.05) is 13.1 Å². The fourth-order valence-electron chi connectivity index (χ4n) is 1.66. The SMILES string of the molecule is CCN=Cc1ccc(C=NCCc2ccccn2)[nH]1. The van der Waals surface area contributed by atoms with Crippen molar-refractivity contribution >= 4 is 12.4 Å². The maximum atomic E-state index is 4.39. The lowest BCUT2D eigenvalue weighted by atomic mass is 10.3. The third kappa shape index (κ3) is 4.50. The molecule has 0 atom stereocenters. The van der Waals surface area contributed by atoms with Crippen molar-refractivity contribution < 1.29 is 0 Å². The van der Waals surface area contributed by atoms with E-state index in [2.05, 4.69) is 20.0 Å². The van der Waals surface area contributed by atoms with Crippen LogP contribution in [0.25, 0.3) is 0 Å². The molecule has 1 N–H and O–H groups in total. The zero-order valence-corrected chi connectivity index (χ0v) is 11.1. The van der Waals surface area contributed by atoms with Crippen LogP contribution in [0.4, 0.5) is 0 Å². The van der Waals surface area contributed by atoms with Crippen molar-refractivity contribution in [1.82, 2.24) is 9.97 Å². The van der Waals surface area contributed by atoms with Gasteiger partial charge in [0.25, 0.3) is 0 Å². The number of rotatable bonds is 6. The first-order valence-corrected chi connectivity index (χ1v) is 6.47. The van der Waals surface area contributed by atoms with Gasteiger partial charge in [-0.05, 0) is 31.2 Å². The molecule has 2 aromatic rings. The fourth-order valence-corrected chi connectivity index (χ4v) is 1.66. The van der Waals surface area contributed by atoms with E-state index in [4.69, 9.17) is 0 Å². The van der Waals surface area contributed by atoms with E-state index >= 15 is 0 Å². The molecule has 0 aliphatic rings. The molecular formula is C15H18N4. The van der Waals surface area contributed by atoms with Gasteiger partial charge in [-0.25, -0.2) is 0 Å². The number of hydrogen-bond acceptors (Lipinski definition) is 3. The van der Waals surface area contributed by atoms with E-state index < -0.39 is 0 Å². The number of aromatic amines is 1. The van der Waals surface area contributed by atoms with Gasteiger partial charge in [0.2, 0.25) is 0 Å². The first-order chi connectivity index (χ1) is 9.38. The van der Waals surface area contributed by atoms with Gasteiger partial charge in [0.1, 0.15) is 0 Å². The third-order valence-electron chi connectivity index (χ3n) is 2.60. The molecule has 2 rings (SSSR count). The number of aromatic nitrogens is 2. The lowest BCUT2D eigenvalue weighted by Crippen LogP contribution is -1.93. The summed E-state index contributed by atoms with van der Waals surface area (Å²) < 4.78 is 0. The molecule has 98 valence electrons. The van der Waals surface area contributed by atoms with E-state index in [9.17, 15) is 0 Å². The second-order valence-electron chi connectivity index (χ2n) is 4.10. The van der Waals surface area contributed by atoms with Gasteiger partial charge in [-0.3, -0.25) is 15.0 Å². The van der Waals surface area contributed by atoms with E-state index in [0.717, 1.165) is 36.6 Å². The molecule has 0 spiro atoms. The summed E-state index contributed by atoms with van der Waals surface area (Å²) in [4.78, 5) is 16.1. The van der Waals surface area contributed by atoms with Gasteiger partial charge in [0.05, 0.1) is 11.4 Å². The molecule has 2 heterocycles. The molecule has 0 aromatic carbocycles. The topological polar surface area (TPSA) is 53.4 Å². The summed E-state index contributed by atoms with van der Waals surface area (Å²) in [6, 6.07) is 9.94. The normalized spacial score (nSPS) is 11.6. The first-order valence-electron chi connectivity index (χ1n) is 6.47. The van der Waals surface area contributed by atoms with Crippen molar-refractivity contribution in [3.05, 3.63) is 53.6 Å². The van der Waals surface area contributed by atoms with Crippen LogP contribution in [0.15, 0.2) is 46.5 Å². The summed E-state index contributed by atoms with van der Waals surface area (Å²) in [5.41, 5.74) is 3.08. The molecule has 0 radical (unpaired) electrons. The summed E-state index contributed by atoms with van der Waals surface area (Å²) in [5, 5.41) is 0. The van der Waals surface area contributed by atoms with Gasteiger partial charge < -0.3 is 4.98 Å². The average molecular weight is 254 g/mol. The zero-order valence-electron chi connectivity index (χ0n) is 11.1. The Morgan fingerprint density at radius 2 is 1.89 bits per heavy atom. The molecule has 0 aliphatic heterocycles. The predicted molar refractivity (Wildman–Crippen MR) is 79.3 cm³/mol. The van der Waals surface area contributed by atoms with Crippen LogP contribution >= 0.6 is 0 Å². The Morgan fingerprint density at radius 3 is 2.58 bits per heavy atom. The maximum absolute atomic E-state index is 4.39. The molecule has 0 bridgehead atoms. The molecule has 0 saturated heterocycles. The van der Waals surface area contributed by atoms with Crippen LogP contribution < -0.4 is 0 Å². The van der Waals surface area contributed by atoms with Crippen LogP contribution in [0, 0.1) is 0 Å². The highest BCUT2D eigenvalue weighted by Gasteiger charge is 1.93. The van der Waals surface area contributed by atoms with Crippen LogP contribution in [0.1, 0.15) is 24.0 Å². The summed E-state index contributed by atoms with van der Waals surface area (Å²) in [7, 11) is 0. The molecule has 0 amide bonds. The fraction of sp³-hybridized carbons (Fsp3) is 0.267. The van der Waals surface area contributed by atoms with Gasteiger partial charge in [-0.2, -0.15) is 0 Å². The molecule has 0 saturated carbocycles. The number of nitrogens with zero attached hydrogens (tertiary/aromatic N) is 3. The molecule has 0 unspecified atom stereocenters. The van der Waals surface area contributed by atoms with Gasteiger partial charge in [-0.1, -0.05) is 6.07 Å². The van der Waals surface area contributed by atoms with Gasteiger partial charge in [0.15, 0.2) is 0 Å². The highest BCUT2D eigenvalue weighted by atomic mass is 14.8. The van der Waals surface area contributed by atoms with E-state index in [1.165, 1.54) is 0 Å². The number of hydrogen-bond donors (Lipinski definition) is 1. The van der Waals surface area contributed by atoms with Crippen LogP contribution in [0.5, 0.6) is 0 Å². The summed E-state index contributed by atoms with van der Waals surface area (Å²) in [6.07, 6.45) is 6.36. The zero-order chi connectivity index (χ0) is 13.3. The quantitative estimate of drug-likeness (QED) is 0.791. The Bertz CT molecular complexity index is 540. The van der Waals surface area contributed by atoms with Crippen molar-refractivity contribution in [3.8, 4) is 0 Å². The maximum Gasteiger partial charge on any atom is 0.0566 e. The smallest absolute Gasteiger partial charge is 0.0566 e. The summed E-state index contributed by atoms with van der Waals surface area (Å²) in [5.74, 6) is 0. The molecule has 4 heteroatoms. The molecular weight excluding hydrogens is 236 g/mol. The molecule has 4 nitrogen and oxygen atoms in total. The van der Waals surface area contributed by atoms with Crippen LogP contribution in [0.3, 0.4) is 0 Å². The second-order valence-corrected chi connectivity index (χ2v) is 4.10. The van der Waals surface area contributed by atoms with Crippen LogP contribution in [0.2, 0.25) is 0 Å². The van der Waals surface area contributed by atoms with Crippen molar-refractivity contribution in [2.24, 2.45) is 9.98 Å². The first kappa shape index (κ1) is 13.2. The largest absolute Gasteiger partial charge is 0.353 e. The summed E-state index contributed by atoms with van der Waals surface area (Å²) >= 11 is 0. The van der Waals surface area contributed by atoms with Gasteiger partial charge in [0, 0.05) is 43.8 Å². The Labute approximate surface area is 113 Å². The van der Waals surface area contributed by atoms with E-state index in [1.807, 2.05) is 55.9 Å². The monoisotopic (exact) mass is 254 g/mol. The number of nitrogens with one attached hydrogen (secondary N) is 1. The number of pyridine rings is 1. The second kappa shape index (κ2) is 7.26. The van der Waals surface area contributed by atoms with Crippen LogP contribution in [-0.2, 0) is 6.42 Å². The molecule has 19 heavy (non-hydrogen) atoms. The Balaban J connectivity index is 1.82. The van der Waals surface area contributed by atoms with E-state index in [0.29, 0.717) is 0 Å². The Kier molecular flexibility index (Phi) is 5.05. The van der Waals surface area contributed by atoms with E-state index in [1.54, 1.807) is 0 Å². The van der Waals surface area contributed by atoms with Crippen molar-refractivity contribution in [3.63, 3.8) is 0 Å². The van der Waals surface area contributed by atoms with Crippen molar-refractivity contribution in [1.29, 1.82) is 0 Å². The Hall–Kier alpha value is -2.23. The summed E-state index contributed by atoms with van der Waals surface area (Å²) in [6.45, 7) is 3.56. The lowest BCUT2D eigenvalue weighted by molar-refractivity contribution is 0.926. The average Bonchev–Trinajstić information content (AvgIpc) is 2.90. The minimum absolute atomic E-state index is 0.744. The van der Waals surface area contributed by atoms with E-state index in [-0.39, 0.29) is 0 Å². The molecule has 0 fully saturated rings. The number of H-pyrrole nitrogens is 1. The standard InChI is InChI=1S/C15H18N4/c1-2-16-11-14-6-7-15(19-14)12-17-10-8-13-5-3-4-9-18-13/h3-7,9,11-12,19H,2,8,10H2,1H3. The van der Waals surface area contributed by atoms with Crippen molar-refractivity contribution in [2.45, 2.75) is 13.3 Å². The van der Waals surface area contributed by atoms with Gasteiger partial charge in [-0.15, -0.1) is 0 Å². The minimum Gasteiger partial charge on any atom is -0.353 e. The molecule has 0 aliphatic carbocycles. The Morgan fingerprint density at radius 1 is 1.11 bits per heavy atom. The predicted octanol–water partition coefficient (Wildman–Crippen LogP) is 2.51. The highest BCUT2D eigenvalue weighted by Crippen LogP contribution is 1.98. The third-order valence-corrected chi connectivity index (χ3v) is 2.60. The van der Waals surface area contributed by atoms with Crippen LogP contribution in [-0.4, -0.2) is 35.5 Å². The van der Waals surface area contributed by atoms with Gasteiger partial charge >= 0.3 is 0 Å². The minimum atomic E-state index is 0.744. The highest BCUT2D eigenvalue weighted by molar-refractivity contribution is 5.83. The molecule has 2 aromatic heterocycles. The lowest BCUT2D eigenvalue weighted by Gasteiger charge is -1.95. The number of aliphatic imine (C=N–C) groups is 2.